The number of hydrogen-bond acceptors (Lipinski definition) is 4. The molecule has 4 rings (SSSR count). The van der Waals surface area contributed by atoms with Gasteiger partial charge >= 0.3 is 0 Å². The maximum Gasteiger partial charge on any atom is 0.250 e. The summed E-state index contributed by atoms with van der Waals surface area (Å²) >= 11 is 6.05. The fourth-order valence-corrected chi connectivity index (χ4v) is 3.76. The zero-order chi connectivity index (χ0) is 18.3. The lowest BCUT2D eigenvalue weighted by Gasteiger charge is -2.19. The molecule has 1 N–H and O–H groups in total. The second kappa shape index (κ2) is 6.61. The fraction of sp³-hybridized carbons (Fsp3) is 0.238. The molecule has 0 atom stereocenters. The lowest BCUT2D eigenvalue weighted by molar-refractivity contribution is 0.417. The van der Waals surface area contributed by atoms with Crippen molar-refractivity contribution in [1.29, 1.82) is 0 Å². The summed E-state index contributed by atoms with van der Waals surface area (Å²) in [6.45, 7) is 0. The number of methoxy groups -OCH3 is 1. The molecule has 5 heteroatoms. The number of fused-ring (bicyclic) bond motifs is 1. The molecule has 0 saturated heterocycles. The Balaban J connectivity index is 1.75. The molecule has 0 heterocycles. The SMILES string of the molecule is COc1ccc(Cl)cc1Nc1c(-c2ccc3c(c2)CCCC3)c(=O)c1=O. The van der Waals surface area contributed by atoms with E-state index in [0.29, 0.717) is 27.7 Å². The number of halogens is 1. The molecule has 132 valence electrons. The molecule has 4 nitrogen and oxygen atoms in total. The van der Waals surface area contributed by atoms with E-state index in [1.54, 1.807) is 25.3 Å². The van der Waals surface area contributed by atoms with Gasteiger partial charge in [0.25, 0.3) is 5.43 Å². The number of benzene rings is 2. The maximum absolute atomic E-state index is 12.2. The van der Waals surface area contributed by atoms with Gasteiger partial charge in [-0.3, -0.25) is 9.59 Å². The quantitative estimate of drug-likeness (QED) is 0.701. The molecule has 0 unspecified atom stereocenters. The molecule has 3 aromatic rings. The minimum atomic E-state index is -0.514. The summed E-state index contributed by atoms with van der Waals surface area (Å²) in [5, 5.41) is 3.56. The van der Waals surface area contributed by atoms with E-state index in [1.165, 1.54) is 17.5 Å². The molecule has 0 spiro atoms. The predicted octanol–water partition coefficient (Wildman–Crippen LogP) is 4.23. The van der Waals surface area contributed by atoms with Crippen molar-refractivity contribution in [2.75, 3.05) is 12.4 Å². The van der Waals surface area contributed by atoms with Gasteiger partial charge in [-0.25, -0.2) is 0 Å². The van der Waals surface area contributed by atoms with Gasteiger partial charge in [0.05, 0.1) is 18.4 Å². The van der Waals surface area contributed by atoms with E-state index >= 15 is 0 Å². The lowest BCUT2D eigenvalue weighted by atomic mass is 9.88. The van der Waals surface area contributed by atoms with E-state index in [0.717, 1.165) is 24.8 Å². The smallest absolute Gasteiger partial charge is 0.250 e. The minimum Gasteiger partial charge on any atom is -0.495 e. The molecule has 0 aromatic heterocycles. The summed E-state index contributed by atoms with van der Waals surface area (Å²) in [5.74, 6) is 0.554. The van der Waals surface area contributed by atoms with Crippen LogP contribution in [0.4, 0.5) is 11.4 Å². The van der Waals surface area contributed by atoms with Crippen molar-refractivity contribution in [3.8, 4) is 16.9 Å². The summed E-state index contributed by atoms with van der Waals surface area (Å²) in [6.07, 6.45) is 4.46. The summed E-state index contributed by atoms with van der Waals surface area (Å²) in [7, 11) is 1.54. The Bertz CT molecular complexity index is 1060. The molecule has 3 aromatic carbocycles. The zero-order valence-electron chi connectivity index (χ0n) is 14.4. The van der Waals surface area contributed by atoms with Crippen LogP contribution in [-0.2, 0) is 12.8 Å². The second-order valence-corrected chi connectivity index (χ2v) is 7.00. The number of rotatable bonds is 4. The van der Waals surface area contributed by atoms with E-state index < -0.39 is 10.9 Å². The third-order valence-corrected chi connectivity index (χ3v) is 5.20. The molecule has 26 heavy (non-hydrogen) atoms. The van der Waals surface area contributed by atoms with Gasteiger partial charge in [-0.15, -0.1) is 0 Å². The van der Waals surface area contributed by atoms with Crippen molar-refractivity contribution >= 4 is 23.0 Å². The van der Waals surface area contributed by atoms with Crippen LogP contribution in [-0.4, -0.2) is 7.11 Å². The van der Waals surface area contributed by atoms with Gasteiger partial charge < -0.3 is 10.1 Å². The van der Waals surface area contributed by atoms with Crippen molar-refractivity contribution in [3.63, 3.8) is 0 Å². The first-order valence-corrected chi connectivity index (χ1v) is 9.02. The van der Waals surface area contributed by atoms with E-state index in [2.05, 4.69) is 11.4 Å². The summed E-state index contributed by atoms with van der Waals surface area (Å²) in [6, 6.07) is 11.1. The first-order valence-electron chi connectivity index (χ1n) is 8.64. The summed E-state index contributed by atoms with van der Waals surface area (Å²) in [5.41, 5.74) is 3.73. The van der Waals surface area contributed by atoms with Crippen molar-refractivity contribution in [1.82, 2.24) is 0 Å². The Kier molecular flexibility index (Phi) is 4.29. The Morgan fingerprint density at radius 2 is 1.73 bits per heavy atom. The minimum absolute atomic E-state index is 0.298. The number of hydrogen-bond donors (Lipinski definition) is 1. The van der Waals surface area contributed by atoms with Crippen molar-refractivity contribution in [2.45, 2.75) is 25.7 Å². The van der Waals surface area contributed by atoms with Crippen LogP contribution in [0.1, 0.15) is 24.0 Å². The average molecular weight is 368 g/mol. The number of aryl methyl sites for hydroxylation is 2. The number of nitrogens with one attached hydrogen (secondary N) is 1. The van der Waals surface area contributed by atoms with Crippen LogP contribution in [0.15, 0.2) is 46.0 Å². The van der Waals surface area contributed by atoms with Gasteiger partial charge in [-0.2, -0.15) is 0 Å². The van der Waals surface area contributed by atoms with Crippen molar-refractivity contribution < 1.29 is 4.74 Å². The van der Waals surface area contributed by atoms with Crippen LogP contribution in [0.5, 0.6) is 5.75 Å². The van der Waals surface area contributed by atoms with Crippen LogP contribution < -0.4 is 20.9 Å². The Morgan fingerprint density at radius 1 is 0.962 bits per heavy atom. The van der Waals surface area contributed by atoms with E-state index in [4.69, 9.17) is 16.3 Å². The molecule has 0 saturated carbocycles. The zero-order valence-corrected chi connectivity index (χ0v) is 15.2. The Labute approximate surface area is 156 Å². The second-order valence-electron chi connectivity index (χ2n) is 6.57. The molecule has 1 aliphatic rings. The van der Waals surface area contributed by atoms with Gasteiger partial charge in [-0.05, 0) is 60.6 Å². The number of ether oxygens (including phenoxy) is 1. The van der Waals surface area contributed by atoms with Gasteiger partial charge in [0.15, 0.2) is 0 Å². The Morgan fingerprint density at radius 3 is 2.50 bits per heavy atom. The van der Waals surface area contributed by atoms with Crippen LogP contribution >= 0.6 is 11.6 Å². The topological polar surface area (TPSA) is 55.4 Å². The molecule has 0 bridgehead atoms. The van der Waals surface area contributed by atoms with Gasteiger partial charge in [0.1, 0.15) is 11.4 Å². The highest BCUT2D eigenvalue weighted by Crippen LogP contribution is 2.34. The van der Waals surface area contributed by atoms with Crippen LogP contribution in [0.3, 0.4) is 0 Å². The molecule has 0 fully saturated rings. The first-order chi connectivity index (χ1) is 12.6. The highest BCUT2D eigenvalue weighted by atomic mass is 35.5. The normalized spacial score (nSPS) is 13.5. The predicted molar refractivity (Wildman–Crippen MR) is 105 cm³/mol. The third-order valence-electron chi connectivity index (χ3n) is 4.97. The van der Waals surface area contributed by atoms with Crippen LogP contribution in [0, 0.1) is 0 Å². The monoisotopic (exact) mass is 367 g/mol. The van der Waals surface area contributed by atoms with Gasteiger partial charge in [0.2, 0.25) is 5.43 Å². The van der Waals surface area contributed by atoms with Crippen LogP contribution in [0.2, 0.25) is 5.02 Å². The summed E-state index contributed by atoms with van der Waals surface area (Å²) in [4.78, 5) is 24.4. The molecule has 0 amide bonds. The molecular formula is C21H18ClNO3. The highest BCUT2D eigenvalue weighted by molar-refractivity contribution is 6.31. The maximum atomic E-state index is 12.2. The largest absolute Gasteiger partial charge is 0.495 e. The molecule has 0 radical (unpaired) electrons. The van der Waals surface area contributed by atoms with E-state index in [1.807, 2.05) is 12.1 Å². The summed E-state index contributed by atoms with van der Waals surface area (Å²) < 4.78 is 5.31. The highest BCUT2D eigenvalue weighted by Gasteiger charge is 2.24. The molecular weight excluding hydrogens is 350 g/mol. The van der Waals surface area contributed by atoms with Gasteiger partial charge in [0, 0.05) is 5.02 Å². The Hall–Kier alpha value is -2.59. The fourth-order valence-electron chi connectivity index (χ4n) is 3.59. The number of anilines is 2. The molecule has 0 aliphatic heterocycles. The third kappa shape index (κ3) is 2.80. The van der Waals surface area contributed by atoms with E-state index in [9.17, 15) is 9.59 Å². The average Bonchev–Trinajstić information content (AvgIpc) is 2.67. The lowest BCUT2D eigenvalue weighted by Crippen LogP contribution is -2.35. The van der Waals surface area contributed by atoms with Gasteiger partial charge in [-0.1, -0.05) is 29.8 Å². The van der Waals surface area contributed by atoms with Crippen LogP contribution in [0.25, 0.3) is 11.1 Å². The standard InChI is InChI=1S/C21H18ClNO3/c1-26-17-9-8-15(22)11-16(17)23-19-18(20(24)21(19)25)14-7-6-12-4-2-3-5-13(12)10-14/h6-11,23H,2-5H2,1H3. The first kappa shape index (κ1) is 16.9. The van der Waals surface area contributed by atoms with Crippen molar-refractivity contribution in [2.24, 2.45) is 0 Å². The molecule has 1 aliphatic carbocycles. The van der Waals surface area contributed by atoms with Crippen molar-refractivity contribution in [3.05, 3.63) is 73.0 Å². The van der Waals surface area contributed by atoms with E-state index in [-0.39, 0.29) is 0 Å².